The van der Waals surface area contributed by atoms with Crippen molar-refractivity contribution in [2.75, 3.05) is 32.7 Å². The Morgan fingerprint density at radius 1 is 1.35 bits per heavy atom. The maximum absolute atomic E-state index is 12.3. The Hall–Kier alpha value is -1.79. The molecule has 0 radical (unpaired) electrons. The minimum Gasteiger partial charge on any atom is -0.481 e. The van der Waals surface area contributed by atoms with Gasteiger partial charge < -0.3 is 20.2 Å². The molecule has 0 bridgehead atoms. The van der Waals surface area contributed by atoms with Crippen LogP contribution in [0.2, 0.25) is 0 Å². The minimum atomic E-state index is -0.828. The second-order valence-corrected chi connectivity index (χ2v) is 5.56. The second-order valence-electron chi connectivity index (χ2n) is 5.56. The molecule has 2 aliphatic rings. The van der Waals surface area contributed by atoms with Gasteiger partial charge in [0.25, 0.3) is 0 Å². The van der Waals surface area contributed by atoms with Gasteiger partial charge in [0, 0.05) is 26.2 Å². The number of hydrogen-bond donors (Lipinski definition) is 2. The van der Waals surface area contributed by atoms with Crippen molar-refractivity contribution in [3.8, 4) is 0 Å². The number of likely N-dealkylation sites (tertiary alicyclic amines) is 1. The Balaban J connectivity index is 2.02. The molecule has 0 aliphatic carbocycles. The molecule has 20 heavy (non-hydrogen) atoms. The molecule has 3 amide bonds. The average Bonchev–Trinajstić information content (AvgIpc) is 2.84. The molecule has 0 aromatic carbocycles. The molecule has 0 saturated carbocycles. The third-order valence-electron chi connectivity index (χ3n) is 4.12. The normalized spacial score (nSPS) is 26.6. The van der Waals surface area contributed by atoms with Gasteiger partial charge in [-0.05, 0) is 12.8 Å². The Labute approximate surface area is 117 Å². The first-order chi connectivity index (χ1) is 9.48. The van der Waals surface area contributed by atoms with Crippen molar-refractivity contribution in [2.45, 2.75) is 26.2 Å². The molecule has 2 fully saturated rings. The number of rotatable bonds is 3. The number of carboxylic acid groups (broad SMARTS) is 1. The summed E-state index contributed by atoms with van der Waals surface area (Å²) in [6, 6.07) is -0.223. The number of amides is 3. The van der Waals surface area contributed by atoms with Crippen molar-refractivity contribution in [1.82, 2.24) is 15.1 Å². The van der Waals surface area contributed by atoms with Gasteiger partial charge in [-0.25, -0.2) is 4.79 Å². The molecular weight excluding hydrogens is 262 g/mol. The summed E-state index contributed by atoms with van der Waals surface area (Å²) in [5.74, 6) is -0.993. The van der Waals surface area contributed by atoms with Crippen LogP contribution in [0.4, 0.5) is 4.79 Å². The summed E-state index contributed by atoms with van der Waals surface area (Å²) < 4.78 is 0. The Kier molecular flexibility index (Phi) is 4.15. The van der Waals surface area contributed by atoms with Gasteiger partial charge in [0.15, 0.2) is 0 Å². The van der Waals surface area contributed by atoms with Gasteiger partial charge >= 0.3 is 12.0 Å². The number of urea groups is 1. The number of aliphatic carboxylic acids is 1. The third kappa shape index (κ3) is 2.71. The maximum Gasteiger partial charge on any atom is 0.320 e. The number of hydrogen-bond acceptors (Lipinski definition) is 3. The quantitative estimate of drug-likeness (QED) is 0.769. The molecule has 1 unspecified atom stereocenters. The summed E-state index contributed by atoms with van der Waals surface area (Å²) >= 11 is 0. The molecule has 2 rings (SSSR count). The maximum atomic E-state index is 12.3. The van der Waals surface area contributed by atoms with Crippen LogP contribution in [0.3, 0.4) is 0 Å². The molecule has 112 valence electrons. The van der Waals surface area contributed by atoms with E-state index in [-0.39, 0.29) is 25.0 Å². The van der Waals surface area contributed by atoms with Crippen LogP contribution in [0.5, 0.6) is 0 Å². The lowest BCUT2D eigenvalue weighted by atomic mass is 9.83. The molecule has 7 nitrogen and oxygen atoms in total. The molecule has 2 N–H and O–H groups in total. The monoisotopic (exact) mass is 283 g/mol. The molecule has 0 aromatic heterocycles. The fourth-order valence-electron chi connectivity index (χ4n) is 3.00. The smallest absolute Gasteiger partial charge is 0.320 e. The lowest BCUT2D eigenvalue weighted by Crippen LogP contribution is -2.54. The van der Waals surface area contributed by atoms with E-state index in [0.717, 1.165) is 6.42 Å². The van der Waals surface area contributed by atoms with Crippen LogP contribution in [-0.2, 0) is 9.59 Å². The Bertz CT molecular complexity index is 426. The topological polar surface area (TPSA) is 89.9 Å². The van der Waals surface area contributed by atoms with Crippen LogP contribution in [0.15, 0.2) is 0 Å². The first-order valence-electron chi connectivity index (χ1n) is 7.02. The zero-order valence-electron chi connectivity index (χ0n) is 11.7. The van der Waals surface area contributed by atoms with E-state index in [1.807, 2.05) is 6.92 Å². The van der Waals surface area contributed by atoms with Crippen molar-refractivity contribution in [1.29, 1.82) is 0 Å². The Morgan fingerprint density at radius 3 is 2.70 bits per heavy atom. The van der Waals surface area contributed by atoms with E-state index in [2.05, 4.69) is 5.32 Å². The predicted molar refractivity (Wildman–Crippen MR) is 71.1 cm³/mol. The summed E-state index contributed by atoms with van der Waals surface area (Å²) in [5.41, 5.74) is -0.817. The minimum absolute atomic E-state index is 0.0587. The van der Waals surface area contributed by atoms with Gasteiger partial charge in [-0.2, -0.15) is 0 Å². The highest BCUT2D eigenvalue weighted by atomic mass is 16.4. The van der Waals surface area contributed by atoms with Crippen molar-refractivity contribution in [3.05, 3.63) is 0 Å². The van der Waals surface area contributed by atoms with Crippen LogP contribution in [-0.4, -0.2) is 65.5 Å². The number of piperazine rings is 1. The van der Waals surface area contributed by atoms with Crippen molar-refractivity contribution < 1.29 is 19.5 Å². The van der Waals surface area contributed by atoms with Crippen LogP contribution >= 0.6 is 0 Å². The number of carbonyl (C=O) groups excluding carboxylic acids is 2. The lowest BCUT2D eigenvalue weighted by molar-refractivity contribution is -0.148. The Morgan fingerprint density at radius 2 is 2.10 bits per heavy atom. The number of carbonyl (C=O) groups is 3. The second kappa shape index (κ2) is 5.68. The zero-order chi connectivity index (χ0) is 14.8. The van der Waals surface area contributed by atoms with Crippen molar-refractivity contribution in [3.63, 3.8) is 0 Å². The molecular formula is C13H21N3O4. The molecule has 2 aliphatic heterocycles. The molecule has 1 atom stereocenters. The van der Waals surface area contributed by atoms with Gasteiger partial charge in [0.05, 0.1) is 5.41 Å². The van der Waals surface area contributed by atoms with E-state index in [4.69, 9.17) is 0 Å². The van der Waals surface area contributed by atoms with E-state index in [0.29, 0.717) is 32.5 Å². The summed E-state index contributed by atoms with van der Waals surface area (Å²) in [5, 5.41) is 12.1. The van der Waals surface area contributed by atoms with Gasteiger partial charge in [0.2, 0.25) is 5.91 Å². The van der Waals surface area contributed by atoms with Crippen LogP contribution in [0.1, 0.15) is 26.2 Å². The van der Waals surface area contributed by atoms with Gasteiger partial charge in [0.1, 0.15) is 6.54 Å². The summed E-state index contributed by atoms with van der Waals surface area (Å²) in [6.45, 7) is 3.63. The van der Waals surface area contributed by atoms with Crippen molar-refractivity contribution >= 4 is 17.9 Å². The highest BCUT2D eigenvalue weighted by molar-refractivity contribution is 5.86. The molecule has 2 heterocycles. The third-order valence-corrected chi connectivity index (χ3v) is 4.12. The average molecular weight is 283 g/mol. The number of nitrogens with zero attached hydrogens (tertiary/aromatic N) is 2. The van der Waals surface area contributed by atoms with Gasteiger partial charge in [-0.1, -0.05) is 13.3 Å². The SMILES string of the molecule is CCCC1(C(=O)O)CCN(C(=O)N2CCNC(=O)C2)C1. The van der Waals surface area contributed by atoms with Crippen molar-refractivity contribution in [2.24, 2.45) is 5.41 Å². The lowest BCUT2D eigenvalue weighted by Gasteiger charge is -2.31. The fraction of sp³-hybridized carbons (Fsp3) is 0.769. The highest BCUT2D eigenvalue weighted by Crippen LogP contribution is 2.36. The first-order valence-corrected chi connectivity index (χ1v) is 7.02. The van der Waals surface area contributed by atoms with Crippen LogP contribution < -0.4 is 5.32 Å². The molecule has 0 spiro atoms. The summed E-state index contributed by atoms with van der Waals surface area (Å²) in [6.07, 6.45) is 1.84. The van der Waals surface area contributed by atoms with E-state index in [1.165, 1.54) is 4.90 Å². The highest BCUT2D eigenvalue weighted by Gasteiger charge is 2.46. The standard InChI is InChI=1S/C13H21N3O4/c1-2-3-13(11(18)19)4-6-16(9-13)12(20)15-7-5-14-10(17)8-15/h2-9H2,1H3,(H,14,17)(H,18,19). The number of carboxylic acids is 1. The summed E-state index contributed by atoms with van der Waals surface area (Å²) in [4.78, 5) is 38.2. The summed E-state index contributed by atoms with van der Waals surface area (Å²) in [7, 11) is 0. The molecule has 7 heteroatoms. The van der Waals surface area contributed by atoms with E-state index in [9.17, 15) is 19.5 Å². The largest absolute Gasteiger partial charge is 0.481 e. The fourth-order valence-corrected chi connectivity index (χ4v) is 3.00. The van der Waals surface area contributed by atoms with Gasteiger partial charge in [-0.15, -0.1) is 0 Å². The van der Waals surface area contributed by atoms with E-state index < -0.39 is 11.4 Å². The molecule has 2 saturated heterocycles. The predicted octanol–water partition coefficient (Wildman–Crippen LogP) is 0.115. The molecule has 0 aromatic rings. The first kappa shape index (κ1) is 14.6. The van der Waals surface area contributed by atoms with E-state index in [1.54, 1.807) is 4.90 Å². The van der Waals surface area contributed by atoms with Gasteiger partial charge in [-0.3, -0.25) is 9.59 Å². The zero-order valence-corrected chi connectivity index (χ0v) is 11.7. The van der Waals surface area contributed by atoms with Crippen LogP contribution in [0.25, 0.3) is 0 Å². The number of nitrogens with one attached hydrogen (secondary N) is 1. The van der Waals surface area contributed by atoms with Crippen LogP contribution in [0, 0.1) is 5.41 Å². The van der Waals surface area contributed by atoms with E-state index >= 15 is 0 Å².